The lowest BCUT2D eigenvalue weighted by Crippen LogP contribution is -2.13. The number of likely N-dealkylation sites (tertiary alicyclic amines) is 1. The van der Waals surface area contributed by atoms with Crippen LogP contribution in [-0.4, -0.2) is 57.0 Å². The van der Waals surface area contributed by atoms with E-state index in [9.17, 15) is 13.6 Å². The predicted molar refractivity (Wildman–Crippen MR) is 118 cm³/mol. The molecule has 1 aliphatic heterocycles. The number of nitrogens with one attached hydrogen (secondary N) is 1. The number of imidazole rings is 1. The molecule has 1 saturated heterocycles. The van der Waals surface area contributed by atoms with E-state index < -0.39 is 12.0 Å². The summed E-state index contributed by atoms with van der Waals surface area (Å²) in [7, 11) is 1.94. The van der Waals surface area contributed by atoms with Gasteiger partial charge < -0.3 is 10.2 Å². The predicted octanol–water partition coefficient (Wildman–Crippen LogP) is 3.83. The number of benzene rings is 1. The van der Waals surface area contributed by atoms with Crippen LogP contribution in [0.25, 0.3) is 28.2 Å². The van der Waals surface area contributed by atoms with Gasteiger partial charge in [0.05, 0.1) is 5.69 Å². The van der Waals surface area contributed by atoms with E-state index in [1.54, 1.807) is 29.2 Å². The zero-order valence-electron chi connectivity index (χ0n) is 17.4. The maximum absolute atomic E-state index is 14.2. The Balaban J connectivity index is 0.000000300. The third-order valence-corrected chi connectivity index (χ3v) is 5.11. The minimum Gasteiger partial charge on any atom is -0.329 e. The van der Waals surface area contributed by atoms with E-state index in [0.717, 1.165) is 24.1 Å². The maximum Gasteiger partial charge on any atom is 0.234 e. The van der Waals surface area contributed by atoms with Crippen LogP contribution in [0.15, 0.2) is 61.3 Å². The van der Waals surface area contributed by atoms with Gasteiger partial charge in [-0.15, -0.1) is 0 Å². The fourth-order valence-electron chi connectivity index (χ4n) is 3.46. The average Bonchev–Trinajstić information content (AvgIpc) is 3.40. The number of pyridine rings is 1. The second-order valence-corrected chi connectivity index (χ2v) is 7.52. The van der Waals surface area contributed by atoms with E-state index in [2.05, 4.69) is 20.3 Å². The highest BCUT2D eigenvalue weighted by Gasteiger charge is 2.17. The lowest BCUT2D eigenvalue weighted by atomic mass is 10.1. The molecular formula is C23H22F2N6O. The molecule has 1 N–H and O–H groups in total. The van der Waals surface area contributed by atoms with Crippen LogP contribution >= 0.6 is 0 Å². The number of carbonyl (C=O) groups excluding carboxylic acids is 1. The molecule has 4 heterocycles. The molecule has 9 heteroatoms. The van der Waals surface area contributed by atoms with Gasteiger partial charge in [0.15, 0.2) is 0 Å². The molecule has 0 aliphatic carbocycles. The molecule has 0 saturated carbocycles. The molecule has 1 fully saturated rings. The third-order valence-electron chi connectivity index (χ3n) is 5.11. The number of nitrogens with zero attached hydrogens (tertiary/aromatic N) is 5. The molecule has 1 unspecified atom stereocenters. The van der Waals surface area contributed by atoms with E-state index in [-0.39, 0.29) is 0 Å². The fraction of sp³-hybridized carbons (Fsp3) is 0.217. The first-order valence-electron chi connectivity index (χ1n) is 10.1. The summed E-state index contributed by atoms with van der Waals surface area (Å²) in [4.78, 5) is 25.4. The number of hydrogen-bond acceptors (Lipinski definition) is 5. The third kappa shape index (κ3) is 4.94. The average molecular weight is 436 g/mol. The number of anilines is 1. The first-order valence-corrected chi connectivity index (χ1v) is 10.1. The number of alkyl halides is 1. The molecule has 3 aromatic heterocycles. The monoisotopic (exact) mass is 436 g/mol. The van der Waals surface area contributed by atoms with Crippen molar-refractivity contribution in [3.63, 3.8) is 0 Å². The van der Waals surface area contributed by atoms with Gasteiger partial charge in [-0.3, -0.25) is 14.2 Å². The summed E-state index contributed by atoms with van der Waals surface area (Å²) >= 11 is 0. The normalized spacial score (nSPS) is 15.9. The minimum absolute atomic E-state index is 0.292. The van der Waals surface area contributed by atoms with Gasteiger partial charge in [0.25, 0.3) is 0 Å². The molecule has 7 nitrogen and oxygen atoms in total. The number of fused-ring (bicyclic) bond motifs is 1. The summed E-state index contributed by atoms with van der Waals surface area (Å²) in [5.41, 5.74) is 3.02. The Kier molecular flexibility index (Phi) is 6.46. The molecule has 0 spiro atoms. The first-order chi connectivity index (χ1) is 15.5. The second-order valence-electron chi connectivity index (χ2n) is 7.52. The van der Waals surface area contributed by atoms with Crippen LogP contribution < -0.4 is 5.32 Å². The van der Waals surface area contributed by atoms with Crippen LogP contribution in [0.5, 0.6) is 0 Å². The van der Waals surface area contributed by atoms with Gasteiger partial charge in [0, 0.05) is 66.5 Å². The largest absolute Gasteiger partial charge is 0.329 e. The Morgan fingerprint density at radius 1 is 1.19 bits per heavy atom. The van der Waals surface area contributed by atoms with Crippen molar-refractivity contribution < 1.29 is 13.6 Å². The quantitative estimate of drug-likeness (QED) is 0.492. The number of hydrogen-bond donors (Lipinski definition) is 1. The Morgan fingerprint density at radius 3 is 2.72 bits per heavy atom. The summed E-state index contributed by atoms with van der Waals surface area (Å²) < 4.78 is 28.0. The van der Waals surface area contributed by atoms with E-state index in [1.807, 2.05) is 30.3 Å². The highest BCUT2D eigenvalue weighted by Crippen LogP contribution is 2.26. The number of halogens is 2. The van der Waals surface area contributed by atoms with Crippen molar-refractivity contribution in [3.8, 4) is 22.4 Å². The van der Waals surface area contributed by atoms with E-state index in [0.29, 0.717) is 35.7 Å². The molecular weight excluding hydrogens is 414 g/mol. The van der Waals surface area contributed by atoms with Gasteiger partial charge in [-0.1, -0.05) is 6.07 Å². The Morgan fingerprint density at radius 2 is 2.06 bits per heavy atom. The van der Waals surface area contributed by atoms with Crippen LogP contribution in [0.3, 0.4) is 0 Å². The molecule has 0 radical (unpaired) electrons. The van der Waals surface area contributed by atoms with E-state index >= 15 is 0 Å². The van der Waals surface area contributed by atoms with Crippen LogP contribution in [0.4, 0.5) is 14.5 Å². The zero-order valence-corrected chi connectivity index (χ0v) is 17.4. The number of aromatic nitrogens is 4. The smallest absolute Gasteiger partial charge is 0.234 e. The van der Waals surface area contributed by atoms with Gasteiger partial charge >= 0.3 is 0 Å². The topological polar surface area (TPSA) is 75.4 Å². The van der Waals surface area contributed by atoms with Gasteiger partial charge in [-0.05, 0) is 37.7 Å². The van der Waals surface area contributed by atoms with Gasteiger partial charge in [-0.2, -0.15) is 0 Å². The van der Waals surface area contributed by atoms with Crippen molar-refractivity contribution in [2.45, 2.75) is 12.6 Å². The first kappa shape index (κ1) is 21.5. The van der Waals surface area contributed by atoms with Crippen LogP contribution in [-0.2, 0) is 4.79 Å². The molecule has 32 heavy (non-hydrogen) atoms. The Labute approximate surface area is 183 Å². The van der Waals surface area contributed by atoms with Crippen molar-refractivity contribution in [3.05, 3.63) is 67.1 Å². The Bertz CT molecular complexity index is 1210. The molecule has 1 aliphatic rings. The molecule has 1 amide bonds. The summed E-state index contributed by atoms with van der Waals surface area (Å²) in [6.45, 7) is 1.57. The second kappa shape index (κ2) is 9.61. The van der Waals surface area contributed by atoms with Crippen molar-refractivity contribution >= 4 is 17.9 Å². The highest BCUT2D eigenvalue weighted by molar-refractivity contribution is 5.75. The molecule has 5 rings (SSSR count). The molecule has 0 bridgehead atoms. The van der Waals surface area contributed by atoms with E-state index in [4.69, 9.17) is 0 Å². The fourth-order valence-corrected chi connectivity index (χ4v) is 3.46. The summed E-state index contributed by atoms with van der Waals surface area (Å²) in [6, 6.07) is 8.09. The number of amides is 1. The van der Waals surface area contributed by atoms with Gasteiger partial charge in [-0.25, -0.2) is 18.7 Å². The molecule has 4 aromatic rings. The summed E-state index contributed by atoms with van der Waals surface area (Å²) in [6.07, 6.45) is 9.43. The van der Waals surface area contributed by atoms with Crippen LogP contribution in [0.1, 0.15) is 6.42 Å². The highest BCUT2D eigenvalue weighted by atomic mass is 19.1. The van der Waals surface area contributed by atoms with Gasteiger partial charge in [0.2, 0.25) is 12.2 Å². The van der Waals surface area contributed by atoms with Crippen molar-refractivity contribution in [2.75, 3.05) is 25.5 Å². The van der Waals surface area contributed by atoms with Gasteiger partial charge in [0.1, 0.15) is 12.0 Å². The molecule has 1 aromatic carbocycles. The summed E-state index contributed by atoms with van der Waals surface area (Å²) in [5, 5.41) is 2.50. The van der Waals surface area contributed by atoms with Crippen molar-refractivity contribution in [1.29, 1.82) is 0 Å². The Hall–Kier alpha value is -3.72. The summed E-state index contributed by atoms with van der Waals surface area (Å²) in [5.74, 6) is 0.0307. The molecule has 1 atom stereocenters. The zero-order chi connectivity index (χ0) is 22.5. The standard InChI is InChI=1S/C18H12FN5O.C5H10FN/c19-16-4-3-14(22-11-25)6-15(16)17-10-24-9-13(8-21-18(24)23-17)12-2-1-5-20-7-12;1-7-3-2-5(6)4-7/h1-11H,(H,22,25);5H,2-4H2,1H3. The van der Waals surface area contributed by atoms with Crippen LogP contribution in [0.2, 0.25) is 0 Å². The van der Waals surface area contributed by atoms with Crippen molar-refractivity contribution in [1.82, 2.24) is 24.3 Å². The van der Waals surface area contributed by atoms with E-state index in [1.165, 1.54) is 18.2 Å². The number of carbonyl (C=O) groups is 1. The molecule has 164 valence electrons. The minimum atomic E-state index is -0.551. The van der Waals surface area contributed by atoms with Crippen molar-refractivity contribution in [2.24, 2.45) is 0 Å². The lowest BCUT2D eigenvalue weighted by molar-refractivity contribution is -0.105. The van der Waals surface area contributed by atoms with Crippen LogP contribution in [0, 0.1) is 5.82 Å². The lowest BCUT2D eigenvalue weighted by Gasteiger charge is -2.03. The maximum atomic E-state index is 14.2. The SMILES string of the molecule is CN1CCC(F)C1.O=CNc1ccc(F)c(-c2cn3cc(-c4cccnc4)cnc3n2)c1. The number of rotatable bonds is 4.